The number of nitrogens with one attached hydrogen (secondary N) is 1. The minimum atomic E-state index is 0.854. The molecule has 3 heteroatoms. The molecule has 1 aromatic rings. The lowest BCUT2D eigenvalue weighted by Gasteiger charge is -2.36. The van der Waals surface area contributed by atoms with Crippen LogP contribution < -0.4 is 5.32 Å². The van der Waals surface area contributed by atoms with E-state index in [0.717, 1.165) is 24.9 Å². The van der Waals surface area contributed by atoms with E-state index in [9.17, 15) is 0 Å². The van der Waals surface area contributed by atoms with Crippen LogP contribution in [0, 0.1) is 11.8 Å². The topological polar surface area (TPSA) is 29.9 Å². The predicted molar refractivity (Wildman–Crippen MR) is 71.0 cm³/mol. The standard InChI is InChI=1S/C14H25N3/c1-3-7-15-11-13-6-5-12(13)10-14-16-8-9-17(14)4-2/h8-9,12-13,15H,3-7,10-11H2,1-2H3. The number of rotatable bonds is 7. The van der Waals surface area contributed by atoms with Gasteiger partial charge in [-0.15, -0.1) is 0 Å². The highest BCUT2D eigenvalue weighted by Gasteiger charge is 2.31. The highest BCUT2D eigenvalue weighted by molar-refractivity contribution is 4.97. The first-order valence-electron chi connectivity index (χ1n) is 7.05. The quantitative estimate of drug-likeness (QED) is 0.736. The Morgan fingerprint density at radius 1 is 1.35 bits per heavy atom. The van der Waals surface area contributed by atoms with Crippen molar-refractivity contribution >= 4 is 0 Å². The van der Waals surface area contributed by atoms with Crippen LogP contribution in [0.25, 0.3) is 0 Å². The van der Waals surface area contributed by atoms with Crippen LogP contribution in [-0.2, 0) is 13.0 Å². The van der Waals surface area contributed by atoms with Crippen molar-refractivity contribution in [3.63, 3.8) is 0 Å². The van der Waals surface area contributed by atoms with Gasteiger partial charge in [-0.3, -0.25) is 0 Å². The smallest absolute Gasteiger partial charge is 0.108 e. The average molecular weight is 235 g/mol. The van der Waals surface area contributed by atoms with E-state index in [4.69, 9.17) is 0 Å². The Kier molecular flexibility index (Phi) is 4.60. The number of aromatic nitrogens is 2. The summed E-state index contributed by atoms with van der Waals surface area (Å²) >= 11 is 0. The Balaban J connectivity index is 1.79. The summed E-state index contributed by atoms with van der Waals surface area (Å²) < 4.78 is 2.27. The van der Waals surface area contributed by atoms with Crippen molar-refractivity contribution in [1.29, 1.82) is 0 Å². The molecule has 1 saturated carbocycles. The maximum absolute atomic E-state index is 4.48. The minimum Gasteiger partial charge on any atom is -0.335 e. The normalized spacial score (nSPS) is 23.6. The van der Waals surface area contributed by atoms with Gasteiger partial charge in [-0.25, -0.2) is 4.98 Å². The van der Waals surface area contributed by atoms with Gasteiger partial charge in [0.15, 0.2) is 0 Å². The summed E-state index contributed by atoms with van der Waals surface area (Å²) in [5.41, 5.74) is 0. The summed E-state index contributed by atoms with van der Waals surface area (Å²) in [6.07, 6.45) is 9.21. The molecule has 2 unspecified atom stereocenters. The number of imidazole rings is 1. The Hall–Kier alpha value is -0.830. The highest BCUT2D eigenvalue weighted by atomic mass is 15.1. The summed E-state index contributed by atoms with van der Waals surface area (Å²) in [6.45, 7) is 7.81. The fourth-order valence-electron chi connectivity index (χ4n) is 2.69. The Morgan fingerprint density at radius 3 is 2.82 bits per heavy atom. The van der Waals surface area contributed by atoms with E-state index in [2.05, 4.69) is 34.9 Å². The van der Waals surface area contributed by atoms with Crippen molar-refractivity contribution in [3.05, 3.63) is 18.2 Å². The van der Waals surface area contributed by atoms with E-state index in [1.54, 1.807) is 0 Å². The summed E-state index contributed by atoms with van der Waals surface area (Å²) in [5, 5.41) is 3.55. The molecule has 0 spiro atoms. The van der Waals surface area contributed by atoms with Crippen LogP contribution >= 0.6 is 0 Å². The average Bonchev–Trinajstić information content (AvgIpc) is 2.77. The van der Waals surface area contributed by atoms with Crippen molar-refractivity contribution < 1.29 is 0 Å². The van der Waals surface area contributed by atoms with Gasteiger partial charge in [-0.2, -0.15) is 0 Å². The fraction of sp³-hybridized carbons (Fsp3) is 0.786. The van der Waals surface area contributed by atoms with Crippen LogP contribution in [0.5, 0.6) is 0 Å². The molecule has 0 radical (unpaired) electrons. The fourth-order valence-corrected chi connectivity index (χ4v) is 2.69. The van der Waals surface area contributed by atoms with Gasteiger partial charge >= 0.3 is 0 Å². The van der Waals surface area contributed by atoms with Crippen LogP contribution in [0.3, 0.4) is 0 Å². The van der Waals surface area contributed by atoms with Crippen molar-refractivity contribution in [2.45, 2.75) is 46.1 Å². The third-order valence-corrected chi connectivity index (χ3v) is 4.00. The van der Waals surface area contributed by atoms with Crippen molar-refractivity contribution in [2.75, 3.05) is 13.1 Å². The zero-order chi connectivity index (χ0) is 12.1. The van der Waals surface area contributed by atoms with Crippen molar-refractivity contribution in [2.24, 2.45) is 11.8 Å². The molecule has 17 heavy (non-hydrogen) atoms. The van der Waals surface area contributed by atoms with Gasteiger partial charge < -0.3 is 9.88 Å². The molecule has 1 fully saturated rings. The summed E-state index contributed by atoms with van der Waals surface area (Å²) in [7, 11) is 0. The molecule has 2 atom stereocenters. The summed E-state index contributed by atoms with van der Waals surface area (Å²) in [4.78, 5) is 4.48. The Bertz CT molecular complexity index is 332. The second kappa shape index (κ2) is 6.20. The van der Waals surface area contributed by atoms with E-state index in [1.807, 2.05) is 6.20 Å². The number of hydrogen-bond acceptors (Lipinski definition) is 2. The zero-order valence-electron chi connectivity index (χ0n) is 11.2. The molecule has 3 nitrogen and oxygen atoms in total. The van der Waals surface area contributed by atoms with Gasteiger partial charge in [0.2, 0.25) is 0 Å². The van der Waals surface area contributed by atoms with Crippen LogP contribution in [0.4, 0.5) is 0 Å². The molecule has 0 amide bonds. The summed E-state index contributed by atoms with van der Waals surface area (Å²) in [5.74, 6) is 3.01. The second-order valence-corrected chi connectivity index (χ2v) is 5.14. The molecule has 0 saturated heterocycles. The summed E-state index contributed by atoms with van der Waals surface area (Å²) in [6, 6.07) is 0. The lowest BCUT2D eigenvalue weighted by Crippen LogP contribution is -2.37. The molecule has 1 aliphatic rings. The lowest BCUT2D eigenvalue weighted by molar-refractivity contribution is 0.167. The van der Waals surface area contributed by atoms with E-state index in [-0.39, 0.29) is 0 Å². The molecule has 0 aromatic carbocycles. The molecular formula is C14H25N3. The molecule has 1 heterocycles. The van der Waals surface area contributed by atoms with Gasteiger partial charge in [0.05, 0.1) is 0 Å². The van der Waals surface area contributed by atoms with E-state index in [1.165, 1.54) is 38.1 Å². The molecule has 2 rings (SSSR count). The van der Waals surface area contributed by atoms with E-state index in [0.29, 0.717) is 0 Å². The first kappa shape index (κ1) is 12.6. The first-order chi connectivity index (χ1) is 8.35. The van der Waals surface area contributed by atoms with E-state index < -0.39 is 0 Å². The van der Waals surface area contributed by atoms with E-state index >= 15 is 0 Å². The third-order valence-electron chi connectivity index (χ3n) is 4.00. The largest absolute Gasteiger partial charge is 0.335 e. The number of hydrogen-bond donors (Lipinski definition) is 1. The third kappa shape index (κ3) is 3.09. The SMILES string of the molecule is CCCNCC1CCC1Cc1nccn1CC. The lowest BCUT2D eigenvalue weighted by atomic mass is 9.71. The Morgan fingerprint density at radius 2 is 2.18 bits per heavy atom. The maximum Gasteiger partial charge on any atom is 0.108 e. The van der Waals surface area contributed by atoms with Gasteiger partial charge in [0.25, 0.3) is 0 Å². The Labute approximate surface area is 105 Å². The molecule has 96 valence electrons. The molecule has 1 aromatic heterocycles. The van der Waals surface area contributed by atoms with Crippen LogP contribution in [0.2, 0.25) is 0 Å². The number of nitrogens with zero attached hydrogens (tertiary/aromatic N) is 2. The second-order valence-electron chi connectivity index (χ2n) is 5.14. The molecule has 1 aliphatic carbocycles. The van der Waals surface area contributed by atoms with Gasteiger partial charge in [0, 0.05) is 25.4 Å². The minimum absolute atomic E-state index is 0.854. The molecule has 0 aliphatic heterocycles. The van der Waals surface area contributed by atoms with Crippen molar-refractivity contribution in [1.82, 2.24) is 14.9 Å². The van der Waals surface area contributed by atoms with Gasteiger partial charge in [0.1, 0.15) is 5.82 Å². The monoisotopic (exact) mass is 235 g/mol. The maximum atomic E-state index is 4.48. The molecule has 0 bridgehead atoms. The van der Waals surface area contributed by atoms with Crippen molar-refractivity contribution in [3.8, 4) is 0 Å². The first-order valence-corrected chi connectivity index (χ1v) is 7.05. The highest BCUT2D eigenvalue weighted by Crippen LogP contribution is 2.36. The van der Waals surface area contributed by atoms with Gasteiger partial charge in [-0.05, 0) is 51.1 Å². The number of aryl methyl sites for hydroxylation is 1. The van der Waals surface area contributed by atoms with Crippen LogP contribution in [-0.4, -0.2) is 22.6 Å². The molecular weight excluding hydrogens is 210 g/mol. The van der Waals surface area contributed by atoms with Crippen LogP contribution in [0.1, 0.15) is 38.9 Å². The zero-order valence-corrected chi connectivity index (χ0v) is 11.2. The molecule has 1 N–H and O–H groups in total. The van der Waals surface area contributed by atoms with Crippen LogP contribution in [0.15, 0.2) is 12.4 Å². The predicted octanol–water partition coefficient (Wildman–Crippen LogP) is 2.47. The van der Waals surface area contributed by atoms with Gasteiger partial charge in [-0.1, -0.05) is 6.92 Å².